The molecule has 4 N–H and O–H groups in total. The molecule has 136 valence electrons. The first-order valence-electron chi connectivity index (χ1n) is 7.28. The van der Waals surface area contributed by atoms with Crippen LogP contribution in [0.1, 0.15) is 6.42 Å². The fraction of sp³-hybridized carbons (Fsp3) is 0.467. The van der Waals surface area contributed by atoms with E-state index in [9.17, 15) is 9.59 Å². The number of ether oxygens (including phenoxy) is 1. The lowest BCUT2D eigenvalue weighted by atomic mass is 10.2. The Hall–Kier alpha value is -1.70. The zero-order valence-corrected chi connectivity index (χ0v) is 15.1. The van der Waals surface area contributed by atoms with Crippen molar-refractivity contribution >= 4 is 42.3 Å². The van der Waals surface area contributed by atoms with Crippen molar-refractivity contribution in [2.45, 2.75) is 12.5 Å². The van der Waals surface area contributed by atoms with Crippen LogP contribution in [-0.2, 0) is 9.59 Å². The van der Waals surface area contributed by atoms with E-state index < -0.39 is 0 Å². The molecule has 2 rings (SSSR count). The predicted octanol–water partition coefficient (Wildman–Crippen LogP) is 0.309. The molecule has 24 heavy (non-hydrogen) atoms. The molecule has 1 unspecified atom stereocenters. The molecular weight excluding hydrogens is 355 g/mol. The predicted molar refractivity (Wildman–Crippen MR) is 98.3 cm³/mol. The van der Waals surface area contributed by atoms with Crippen LogP contribution in [0, 0.1) is 0 Å². The highest BCUT2D eigenvalue weighted by Crippen LogP contribution is 2.30. The number of carbonyl (C=O) groups excluding carboxylic acids is 2. The summed E-state index contributed by atoms with van der Waals surface area (Å²) in [6, 6.07) is 7.88. The molecule has 0 bridgehead atoms. The summed E-state index contributed by atoms with van der Waals surface area (Å²) in [5.74, 6) is 0.288. The van der Waals surface area contributed by atoms with Gasteiger partial charge in [-0.3, -0.25) is 9.59 Å². The third-order valence-corrected chi connectivity index (χ3v) is 3.61. The average Bonchev–Trinajstić information content (AvgIpc) is 3.00. The number of para-hydroxylation sites is 2. The lowest BCUT2D eigenvalue weighted by Crippen LogP contribution is -2.44. The maximum atomic E-state index is 11.8. The van der Waals surface area contributed by atoms with Crippen LogP contribution in [0.25, 0.3) is 0 Å². The molecule has 1 aliphatic heterocycles. The highest BCUT2D eigenvalue weighted by atomic mass is 35.5. The highest BCUT2D eigenvalue weighted by Gasteiger charge is 2.25. The molecule has 1 aliphatic rings. The van der Waals surface area contributed by atoms with Crippen molar-refractivity contribution in [3.63, 3.8) is 0 Å². The van der Waals surface area contributed by atoms with Gasteiger partial charge in [0.2, 0.25) is 11.8 Å². The summed E-state index contributed by atoms with van der Waals surface area (Å²) in [6.07, 6.45) is 0.856. The average molecular weight is 379 g/mol. The first kappa shape index (κ1) is 22.3. The fourth-order valence-corrected chi connectivity index (χ4v) is 2.52. The Kier molecular flexibility index (Phi) is 10.2. The van der Waals surface area contributed by atoms with E-state index in [1.165, 1.54) is 0 Å². The Morgan fingerprint density at radius 3 is 2.67 bits per heavy atom. The van der Waals surface area contributed by atoms with Gasteiger partial charge in [0, 0.05) is 19.1 Å². The number of carbonyl (C=O) groups is 2. The van der Waals surface area contributed by atoms with E-state index >= 15 is 0 Å². The zero-order valence-electron chi connectivity index (χ0n) is 13.5. The summed E-state index contributed by atoms with van der Waals surface area (Å²) in [7, 11) is 1.65. The molecule has 2 amide bonds. The van der Waals surface area contributed by atoms with Crippen molar-refractivity contribution in [3.05, 3.63) is 24.3 Å². The molecule has 0 spiro atoms. The summed E-state index contributed by atoms with van der Waals surface area (Å²) in [5, 5.41) is 5.38. The standard InChI is InChI=1S/C15H22N4O3.2ClH/c1-22-13-5-3-2-4-12(13)19-7-6-11(10-19)18-15(21)9-17-14(20)8-16;;/h2-5,11H,6-10,16H2,1H3,(H,17,20)(H,18,21);2*1H. The molecule has 1 atom stereocenters. The maximum absolute atomic E-state index is 11.8. The first-order valence-corrected chi connectivity index (χ1v) is 7.28. The third-order valence-electron chi connectivity index (χ3n) is 3.61. The van der Waals surface area contributed by atoms with Gasteiger partial charge in [-0.2, -0.15) is 0 Å². The van der Waals surface area contributed by atoms with Gasteiger partial charge >= 0.3 is 0 Å². The molecule has 0 aromatic heterocycles. The molecule has 7 nitrogen and oxygen atoms in total. The molecule has 0 radical (unpaired) electrons. The first-order chi connectivity index (χ1) is 10.6. The summed E-state index contributed by atoms with van der Waals surface area (Å²) < 4.78 is 5.36. The van der Waals surface area contributed by atoms with Crippen LogP contribution in [0.3, 0.4) is 0 Å². The smallest absolute Gasteiger partial charge is 0.239 e. The number of anilines is 1. The Morgan fingerprint density at radius 2 is 2.00 bits per heavy atom. The van der Waals surface area contributed by atoms with E-state index in [-0.39, 0.29) is 55.8 Å². The maximum Gasteiger partial charge on any atom is 0.239 e. The molecule has 0 aliphatic carbocycles. The van der Waals surface area contributed by atoms with E-state index in [1.807, 2.05) is 24.3 Å². The number of nitrogens with zero attached hydrogens (tertiary/aromatic N) is 1. The second kappa shape index (κ2) is 11.0. The van der Waals surface area contributed by atoms with Crippen LogP contribution in [0.5, 0.6) is 5.75 Å². The molecular formula is C15H24Cl2N4O3. The van der Waals surface area contributed by atoms with Crippen LogP contribution >= 0.6 is 24.8 Å². The van der Waals surface area contributed by atoms with Gasteiger partial charge in [0.05, 0.1) is 25.9 Å². The third kappa shape index (κ3) is 6.07. The Labute approximate surface area is 154 Å². The van der Waals surface area contributed by atoms with Gasteiger partial charge in [-0.05, 0) is 18.6 Å². The molecule has 9 heteroatoms. The van der Waals surface area contributed by atoms with Crippen molar-refractivity contribution in [2.75, 3.05) is 38.2 Å². The van der Waals surface area contributed by atoms with Crippen molar-refractivity contribution in [1.82, 2.24) is 10.6 Å². The minimum Gasteiger partial charge on any atom is -0.495 e. The Bertz CT molecular complexity index is 545. The van der Waals surface area contributed by atoms with Crippen LogP contribution in [0.15, 0.2) is 24.3 Å². The monoisotopic (exact) mass is 378 g/mol. The lowest BCUT2D eigenvalue weighted by molar-refractivity contribution is -0.125. The number of halogens is 2. The summed E-state index contributed by atoms with van der Waals surface area (Å²) >= 11 is 0. The van der Waals surface area contributed by atoms with Gasteiger partial charge in [-0.1, -0.05) is 12.1 Å². The number of nitrogens with two attached hydrogens (primary N) is 1. The number of hydrogen-bond donors (Lipinski definition) is 3. The van der Waals surface area contributed by atoms with Crippen molar-refractivity contribution < 1.29 is 14.3 Å². The molecule has 0 saturated carbocycles. The van der Waals surface area contributed by atoms with E-state index in [2.05, 4.69) is 15.5 Å². The van der Waals surface area contributed by atoms with Gasteiger partial charge < -0.3 is 26.0 Å². The second-order valence-corrected chi connectivity index (χ2v) is 5.15. The van der Waals surface area contributed by atoms with Gasteiger partial charge in [-0.15, -0.1) is 24.8 Å². The van der Waals surface area contributed by atoms with E-state index in [0.717, 1.165) is 30.9 Å². The van der Waals surface area contributed by atoms with Crippen molar-refractivity contribution in [1.29, 1.82) is 0 Å². The lowest BCUT2D eigenvalue weighted by Gasteiger charge is -2.21. The summed E-state index contributed by atoms with van der Waals surface area (Å²) in [5.41, 5.74) is 6.20. The minimum atomic E-state index is -0.336. The fourth-order valence-electron chi connectivity index (χ4n) is 2.52. The molecule has 1 saturated heterocycles. The van der Waals surface area contributed by atoms with Gasteiger partial charge in [0.1, 0.15) is 5.75 Å². The minimum absolute atomic E-state index is 0. The molecule has 1 fully saturated rings. The molecule has 1 aromatic rings. The van der Waals surface area contributed by atoms with E-state index in [0.29, 0.717) is 0 Å². The molecule has 1 heterocycles. The Morgan fingerprint density at radius 1 is 1.29 bits per heavy atom. The summed E-state index contributed by atoms with van der Waals surface area (Å²) in [6.45, 7) is 1.41. The van der Waals surface area contributed by atoms with Crippen LogP contribution in [0.2, 0.25) is 0 Å². The number of methoxy groups -OCH3 is 1. The number of nitrogens with one attached hydrogen (secondary N) is 2. The van der Waals surface area contributed by atoms with Gasteiger partial charge in [0.15, 0.2) is 0 Å². The van der Waals surface area contributed by atoms with Crippen LogP contribution in [0.4, 0.5) is 5.69 Å². The Balaban J connectivity index is 0.00000264. The molecule has 1 aromatic carbocycles. The number of amides is 2. The van der Waals surface area contributed by atoms with Gasteiger partial charge in [0.25, 0.3) is 0 Å². The van der Waals surface area contributed by atoms with E-state index in [1.54, 1.807) is 7.11 Å². The SMILES string of the molecule is COc1ccccc1N1CCC(NC(=O)CNC(=O)CN)C1.Cl.Cl. The zero-order chi connectivity index (χ0) is 15.9. The van der Waals surface area contributed by atoms with Crippen molar-refractivity contribution in [2.24, 2.45) is 5.73 Å². The number of benzene rings is 1. The quantitative estimate of drug-likeness (QED) is 0.661. The number of hydrogen-bond acceptors (Lipinski definition) is 5. The van der Waals surface area contributed by atoms with E-state index in [4.69, 9.17) is 10.5 Å². The topological polar surface area (TPSA) is 96.7 Å². The second-order valence-electron chi connectivity index (χ2n) is 5.15. The number of rotatable bonds is 6. The summed E-state index contributed by atoms with van der Waals surface area (Å²) in [4.78, 5) is 25.0. The highest BCUT2D eigenvalue weighted by molar-refractivity contribution is 5.86. The van der Waals surface area contributed by atoms with Gasteiger partial charge in [-0.25, -0.2) is 0 Å². The van der Waals surface area contributed by atoms with Crippen LogP contribution in [-0.4, -0.2) is 51.1 Å². The van der Waals surface area contributed by atoms with Crippen LogP contribution < -0.4 is 26.0 Å². The normalized spacial score (nSPS) is 15.8. The van der Waals surface area contributed by atoms with Crippen molar-refractivity contribution in [3.8, 4) is 5.75 Å². The largest absolute Gasteiger partial charge is 0.495 e.